The highest BCUT2D eigenvalue weighted by molar-refractivity contribution is 5.82. The number of nitrogens with zero attached hydrogens (tertiary/aromatic N) is 1. The molecule has 1 aromatic rings. The Balaban J connectivity index is 1.81. The maximum Gasteiger partial charge on any atom is 0.410 e. The van der Waals surface area contributed by atoms with Gasteiger partial charge in [-0.05, 0) is 24.3 Å². The van der Waals surface area contributed by atoms with E-state index in [1.165, 1.54) is 0 Å². The van der Waals surface area contributed by atoms with Gasteiger partial charge in [-0.2, -0.15) is 0 Å². The second-order valence-corrected chi connectivity index (χ2v) is 6.60. The zero-order valence-electron chi connectivity index (χ0n) is 14.4. The van der Waals surface area contributed by atoms with Crippen LogP contribution in [0.15, 0.2) is 30.3 Å². The summed E-state index contributed by atoms with van der Waals surface area (Å²) >= 11 is 0. The van der Waals surface area contributed by atoms with E-state index in [4.69, 9.17) is 10.5 Å². The summed E-state index contributed by atoms with van der Waals surface area (Å²) in [6, 6.07) is 8.98. The molecule has 1 aromatic carbocycles. The highest BCUT2D eigenvalue weighted by atomic mass is 16.6. The van der Waals surface area contributed by atoms with Crippen molar-refractivity contribution < 1.29 is 14.3 Å². The number of rotatable bonds is 5. The molecular formula is C18H27N3O3. The summed E-state index contributed by atoms with van der Waals surface area (Å²) in [6.45, 7) is 5.20. The normalized spacial score (nSPS) is 19.0. The van der Waals surface area contributed by atoms with Gasteiger partial charge in [-0.25, -0.2) is 4.79 Å². The third kappa shape index (κ3) is 5.23. The number of amides is 2. The standard InChI is InChI=1S/C18H27N3O3/c1-13(2)16(19)17(22)20-15-9-6-10-21(11-15)18(23)24-12-14-7-4-3-5-8-14/h3-5,7-8,13,15-16H,6,9-12,19H2,1-2H3,(H,20,22). The van der Waals surface area contributed by atoms with Crippen LogP contribution < -0.4 is 11.1 Å². The van der Waals surface area contributed by atoms with Gasteiger partial charge in [0.25, 0.3) is 0 Å². The lowest BCUT2D eigenvalue weighted by Crippen LogP contribution is -2.54. The first kappa shape index (κ1) is 18.3. The molecule has 0 aliphatic carbocycles. The Morgan fingerprint density at radius 2 is 2.04 bits per heavy atom. The third-order valence-electron chi connectivity index (χ3n) is 4.25. The predicted molar refractivity (Wildman–Crippen MR) is 92.2 cm³/mol. The first-order chi connectivity index (χ1) is 11.5. The predicted octanol–water partition coefficient (Wildman–Crippen LogP) is 1.89. The van der Waals surface area contributed by atoms with E-state index in [-0.39, 0.29) is 30.6 Å². The molecule has 1 fully saturated rings. The van der Waals surface area contributed by atoms with Crippen LogP contribution in [0.25, 0.3) is 0 Å². The van der Waals surface area contributed by atoms with Gasteiger partial charge < -0.3 is 20.7 Å². The van der Waals surface area contributed by atoms with E-state index in [1.807, 2.05) is 44.2 Å². The Morgan fingerprint density at radius 1 is 1.33 bits per heavy atom. The Morgan fingerprint density at radius 3 is 2.71 bits per heavy atom. The molecule has 0 aromatic heterocycles. The molecule has 1 aliphatic heterocycles. The molecule has 0 radical (unpaired) electrons. The number of carbonyl (C=O) groups excluding carboxylic acids is 2. The molecule has 1 saturated heterocycles. The number of nitrogens with two attached hydrogens (primary N) is 1. The molecule has 0 spiro atoms. The van der Waals surface area contributed by atoms with Crippen molar-refractivity contribution in [2.24, 2.45) is 11.7 Å². The minimum atomic E-state index is -0.523. The van der Waals surface area contributed by atoms with Crippen LogP contribution in [0, 0.1) is 5.92 Å². The maximum absolute atomic E-state index is 12.2. The van der Waals surface area contributed by atoms with E-state index >= 15 is 0 Å². The van der Waals surface area contributed by atoms with Gasteiger partial charge in [-0.1, -0.05) is 44.2 Å². The second-order valence-electron chi connectivity index (χ2n) is 6.60. The number of likely N-dealkylation sites (tertiary alicyclic amines) is 1. The lowest BCUT2D eigenvalue weighted by Gasteiger charge is -2.33. The van der Waals surface area contributed by atoms with E-state index in [0.717, 1.165) is 18.4 Å². The highest BCUT2D eigenvalue weighted by Gasteiger charge is 2.27. The fourth-order valence-corrected chi connectivity index (χ4v) is 2.67. The summed E-state index contributed by atoms with van der Waals surface area (Å²) in [5.74, 6) is -0.0740. The lowest BCUT2D eigenvalue weighted by atomic mass is 10.0. The first-order valence-electron chi connectivity index (χ1n) is 8.49. The van der Waals surface area contributed by atoms with E-state index in [9.17, 15) is 9.59 Å². The molecule has 2 unspecified atom stereocenters. The number of ether oxygens (including phenoxy) is 1. The monoisotopic (exact) mass is 333 g/mol. The molecule has 1 aliphatic rings. The van der Waals surface area contributed by atoms with Crippen molar-refractivity contribution in [3.63, 3.8) is 0 Å². The SMILES string of the molecule is CC(C)C(N)C(=O)NC1CCCN(C(=O)OCc2ccccc2)C1. The molecule has 2 atom stereocenters. The van der Waals surface area contributed by atoms with Crippen molar-refractivity contribution in [2.75, 3.05) is 13.1 Å². The first-order valence-corrected chi connectivity index (χ1v) is 8.49. The van der Waals surface area contributed by atoms with Crippen LogP contribution >= 0.6 is 0 Å². The van der Waals surface area contributed by atoms with Gasteiger partial charge in [0, 0.05) is 19.1 Å². The second kappa shape index (κ2) is 8.68. The van der Waals surface area contributed by atoms with Crippen LogP contribution in [0.4, 0.5) is 4.79 Å². The zero-order chi connectivity index (χ0) is 17.5. The van der Waals surface area contributed by atoms with Crippen molar-refractivity contribution in [3.05, 3.63) is 35.9 Å². The molecule has 2 amide bonds. The smallest absolute Gasteiger partial charge is 0.410 e. The average molecular weight is 333 g/mol. The number of piperidine rings is 1. The fraction of sp³-hybridized carbons (Fsp3) is 0.556. The maximum atomic E-state index is 12.2. The van der Waals surface area contributed by atoms with Crippen LogP contribution in [0.2, 0.25) is 0 Å². The summed E-state index contributed by atoms with van der Waals surface area (Å²) in [5, 5.41) is 2.95. The van der Waals surface area contributed by atoms with E-state index in [0.29, 0.717) is 13.1 Å². The van der Waals surface area contributed by atoms with Crippen molar-refractivity contribution >= 4 is 12.0 Å². The van der Waals surface area contributed by atoms with E-state index in [2.05, 4.69) is 5.32 Å². The van der Waals surface area contributed by atoms with Crippen LogP contribution in [-0.4, -0.2) is 42.1 Å². The fourth-order valence-electron chi connectivity index (χ4n) is 2.67. The van der Waals surface area contributed by atoms with Crippen molar-refractivity contribution in [1.82, 2.24) is 10.2 Å². The summed E-state index contributed by atoms with van der Waals surface area (Å²) in [6.07, 6.45) is 1.34. The molecule has 6 heteroatoms. The molecule has 3 N–H and O–H groups in total. The third-order valence-corrected chi connectivity index (χ3v) is 4.25. The summed E-state index contributed by atoms with van der Waals surface area (Å²) in [4.78, 5) is 25.9. The topological polar surface area (TPSA) is 84.7 Å². The molecule has 132 valence electrons. The van der Waals surface area contributed by atoms with E-state index < -0.39 is 6.04 Å². The quantitative estimate of drug-likeness (QED) is 0.862. The molecular weight excluding hydrogens is 306 g/mol. The van der Waals surface area contributed by atoms with E-state index in [1.54, 1.807) is 4.90 Å². The van der Waals surface area contributed by atoms with Gasteiger partial charge in [-0.3, -0.25) is 4.79 Å². The van der Waals surface area contributed by atoms with Gasteiger partial charge in [-0.15, -0.1) is 0 Å². The molecule has 0 saturated carbocycles. The van der Waals surface area contributed by atoms with Gasteiger partial charge in [0.15, 0.2) is 0 Å². The number of nitrogens with one attached hydrogen (secondary N) is 1. The van der Waals surface area contributed by atoms with Gasteiger partial charge >= 0.3 is 6.09 Å². The van der Waals surface area contributed by atoms with Crippen molar-refractivity contribution in [3.8, 4) is 0 Å². The minimum absolute atomic E-state index is 0.0691. The van der Waals surface area contributed by atoms with Crippen molar-refractivity contribution in [2.45, 2.75) is 45.4 Å². The summed E-state index contributed by atoms with van der Waals surface area (Å²) < 4.78 is 5.36. The Labute approximate surface area is 143 Å². The van der Waals surface area contributed by atoms with Gasteiger partial charge in [0.1, 0.15) is 6.61 Å². The minimum Gasteiger partial charge on any atom is -0.445 e. The van der Waals surface area contributed by atoms with Crippen molar-refractivity contribution in [1.29, 1.82) is 0 Å². The van der Waals surface area contributed by atoms with Crippen LogP contribution in [0.3, 0.4) is 0 Å². The van der Waals surface area contributed by atoms with Crippen LogP contribution in [0.5, 0.6) is 0 Å². The summed E-state index contributed by atoms with van der Waals surface area (Å²) in [7, 11) is 0. The molecule has 24 heavy (non-hydrogen) atoms. The van der Waals surface area contributed by atoms with Crippen LogP contribution in [-0.2, 0) is 16.1 Å². The zero-order valence-corrected chi connectivity index (χ0v) is 14.4. The highest BCUT2D eigenvalue weighted by Crippen LogP contribution is 2.13. The summed E-state index contributed by atoms with van der Waals surface area (Å²) in [5.41, 5.74) is 6.82. The molecule has 2 rings (SSSR count). The van der Waals surface area contributed by atoms with Crippen LogP contribution in [0.1, 0.15) is 32.3 Å². The molecule has 6 nitrogen and oxygen atoms in total. The molecule has 1 heterocycles. The lowest BCUT2D eigenvalue weighted by molar-refractivity contribution is -0.124. The number of benzene rings is 1. The Kier molecular flexibility index (Phi) is 6.61. The Hall–Kier alpha value is -2.08. The molecule has 0 bridgehead atoms. The van der Waals surface area contributed by atoms with Gasteiger partial charge in [0.05, 0.1) is 6.04 Å². The number of hydrogen-bond donors (Lipinski definition) is 2. The number of carbonyl (C=O) groups is 2. The number of hydrogen-bond acceptors (Lipinski definition) is 4. The average Bonchev–Trinajstić information content (AvgIpc) is 2.60. The Bertz CT molecular complexity index is 548. The largest absolute Gasteiger partial charge is 0.445 e. The van der Waals surface area contributed by atoms with Gasteiger partial charge in [0.2, 0.25) is 5.91 Å².